The second kappa shape index (κ2) is 10.9. The fourth-order valence-electron chi connectivity index (χ4n) is 3.96. The summed E-state index contributed by atoms with van der Waals surface area (Å²) < 4.78 is 16.9. The summed E-state index contributed by atoms with van der Waals surface area (Å²) >= 11 is 0. The van der Waals surface area contributed by atoms with Crippen molar-refractivity contribution in [1.29, 1.82) is 0 Å². The molecule has 6 nitrogen and oxygen atoms in total. The maximum absolute atomic E-state index is 12.9. The van der Waals surface area contributed by atoms with Gasteiger partial charge in [0.25, 0.3) is 0 Å². The van der Waals surface area contributed by atoms with Crippen molar-refractivity contribution in [3.8, 4) is 11.5 Å². The van der Waals surface area contributed by atoms with Crippen molar-refractivity contribution in [3.05, 3.63) is 94.7 Å². The Kier molecular flexibility index (Phi) is 7.51. The summed E-state index contributed by atoms with van der Waals surface area (Å²) in [6, 6.07) is 20.8. The molecule has 0 saturated carbocycles. The van der Waals surface area contributed by atoms with E-state index in [1.165, 1.54) is 0 Å². The van der Waals surface area contributed by atoms with Crippen LogP contribution in [0.2, 0.25) is 0 Å². The van der Waals surface area contributed by atoms with Gasteiger partial charge in [0.05, 0.1) is 5.56 Å². The average Bonchev–Trinajstić information content (AvgIpc) is 3.20. The van der Waals surface area contributed by atoms with Gasteiger partial charge in [-0.2, -0.15) is 0 Å². The van der Waals surface area contributed by atoms with Crippen LogP contribution < -0.4 is 14.4 Å². The van der Waals surface area contributed by atoms with Crippen molar-refractivity contribution in [3.63, 3.8) is 0 Å². The lowest BCUT2D eigenvalue weighted by Crippen LogP contribution is -2.21. The number of carbonyl (C=O) groups is 2. The lowest BCUT2D eigenvalue weighted by Gasteiger charge is -2.20. The zero-order chi connectivity index (χ0) is 24.8. The van der Waals surface area contributed by atoms with Gasteiger partial charge in [0, 0.05) is 24.3 Å². The van der Waals surface area contributed by atoms with Crippen LogP contribution in [-0.4, -0.2) is 31.4 Å². The third-order valence-corrected chi connectivity index (χ3v) is 5.94. The molecule has 0 aromatic heterocycles. The predicted molar refractivity (Wildman–Crippen MR) is 136 cm³/mol. The van der Waals surface area contributed by atoms with Crippen LogP contribution in [0, 0.1) is 6.92 Å². The number of anilines is 1. The molecule has 0 spiro atoms. The molecule has 0 atom stereocenters. The molecular weight excluding hydrogens is 442 g/mol. The van der Waals surface area contributed by atoms with Gasteiger partial charge in [-0.15, -0.1) is 0 Å². The highest BCUT2D eigenvalue weighted by Crippen LogP contribution is 2.39. The van der Waals surface area contributed by atoms with Crippen molar-refractivity contribution in [1.82, 2.24) is 0 Å². The van der Waals surface area contributed by atoms with E-state index in [-0.39, 0.29) is 24.8 Å². The number of allylic oxidation sites excluding steroid dienone is 1. The second-order valence-electron chi connectivity index (χ2n) is 8.20. The number of nitrogens with zero attached hydrogens (tertiary/aromatic N) is 1. The summed E-state index contributed by atoms with van der Waals surface area (Å²) in [6.45, 7) is 7.87. The number of rotatable bonds is 9. The quantitative estimate of drug-likeness (QED) is 0.300. The third-order valence-electron chi connectivity index (χ3n) is 5.94. The number of esters is 1. The summed E-state index contributed by atoms with van der Waals surface area (Å²) in [5, 5.41) is 0. The minimum Gasteiger partial charge on any atom is -0.481 e. The highest BCUT2D eigenvalue weighted by Gasteiger charge is 2.30. The summed E-state index contributed by atoms with van der Waals surface area (Å²) in [4.78, 5) is 27.3. The molecule has 180 valence electrons. The summed E-state index contributed by atoms with van der Waals surface area (Å²) in [5.41, 5.74) is 4.06. The molecule has 1 aliphatic rings. The molecule has 1 aliphatic heterocycles. The number of hydrogen-bond donors (Lipinski definition) is 0. The largest absolute Gasteiger partial charge is 0.481 e. The number of benzene rings is 3. The Balaban J connectivity index is 1.41. The Morgan fingerprint density at radius 1 is 0.971 bits per heavy atom. The molecule has 35 heavy (non-hydrogen) atoms. The normalized spacial score (nSPS) is 13.3. The van der Waals surface area contributed by atoms with Crippen molar-refractivity contribution in [2.75, 3.05) is 24.6 Å². The topological polar surface area (TPSA) is 65.1 Å². The summed E-state index contributed by atoms with van der Waals surface area (Å²) in [6.07, 6.45) is 1.75. The van der Waals surface area contributed by atoms with E-state index in [9.17, 15) is 9.59 Å². The Morgan fingerprint density at radius 2 is 1.69 bits per heavy atom. The number of ketones is 1. The first-order valence-corrected chi connectivity index (χ1v) is 11.7. The van der Waals surface area contributed by atoms with E-state index in [1.807, 2.05) is 54.6 Å². The van der Waals surface area contributed by atoms with E-state index in [2.05, 4.69) is 18.7 Å². The van der Waals surface area contributed by atoms with E-state index in [0.29, 0.717) is 22.6 Å². The molecule has 0 aliphatic carbocycles. The van der Waals surface area contributed by atoms with Crippen LogP contribution in [0.5, 0.6) is 11.5 Å². The van der Waals surface area contributed by atoms with Crippen LogP contribution in [-0.2, 0) is 16.1 Å². The van der Waals surface area contributed by atoms with Crippen molar-refractivity contribution in [2.45, 2.75) is 27.4 Å². The van der Waals surface area contributed by atoms with E-state index < -0.39 is 5.97 Å². The number of carbonyl (C=O) groups excluding carboxylic acids is 2. The molecule has 0 N–H and O–H groups in total. The Morgan fingerprint density at radius 3 is 2.37 bits per heavy atom. The minimum absolute atomic E-state index is 0.176. The minimum atomic E-state index is -0.473. The predicted octanol–water partition coefficient (Wildman–Crippen LogP) is 5.58. The molecule has 6 heteroatoms. The standard InChI is InChI=1S/C29H29NO5/c1-4-30(5-2)23-13-11-21(12-14-23)17-26-28(32)24-15-16-25(20(3)29(24)35-26)33-19-27(31)34-18-22-9-7-6-8-10-22/h6-17H,4-5,18-19H2,1-3H3/b26-17-. The van der Waals surface area contributed by atoms with Crippen LogP contribution in [0.15, 0.2) is 72.5 Å². The molecule has 0 bridgehead atoms. The molecule has 0 unspecified atom stereocenters. The molecule has 0 saturated heterocycles. The first kappa shape index (κ1) is 24.1. The molecule has 0 fully saturated rings. The first-order chi connectivity index (χ1) is 17.0. The summed E-state index contributed by atoms with van der Waals surface area (Å²) in [7, 11) is 0. The molecule has 0 radical (unpaired) electrons. The maximum Gasteiger partial charge on any atom is 0.344 e. The highest BCUT2D eigenvalue weighted by atomic mass is 16.6. The van der Waals surface area contributed by atoms with Crippen molar-refractivity contribution in [2.24, 2.45) is 0 Å². The van der Waals surface area contributed by atoms with Crippen LogP contribution in [0.4, 0.5) is 5.69 Å². The number of Topliss-reactive ketones (excluding diaryl/α,β-unsaturated/α-hetero) is 1. The fraction of sp³-hybridized carbons (Fsp3) is 0.241. The molecule has 0 amide bonds. The SMILES string of the molecule is CCN(CC)c1ccc(/C=C2\Oc3c(ccc(OCC(=O)OCc4ccccc4)c3C)C2=O)cc1. The van der Waals surface area contributed by atoms with Gasteiger partial charge in [0.2, 0.25) is 5.78 Å². The zero-order valence-electron chi connectivity index (χ0n) is 20.2. The smallest absolute Gasteiger partial charge is 0.344 e. The summed E-state index contributed by atoms with van der Waals surface area (Å²) in [5.74, 6) is 0.538. The van der Waals surface area contributed by atoms with Gasteiger partial charge in [-0.3, -0.25) is 4.79 Å². The molecule has 1 heterocycles. The first-order valence-electron chi connectivity index (χ1n) is 11.7. The van der Waals surface area contributed by atoms with Crippen LogP contribution in [0.25, 0.3) is 6.08 Å². The van der Waals surface area contributed by atoms with Gasteiger partial charge < -0.3 is 19.1 Å². The Labute approximate surface area is 205 Å². The van der Waals surface area contributed by atoms with Crippen molar-refractivity contribution < 1.29 is 23.8 Å². The van der Waals surface area contributed by atoms with E-state index in [0.717, 1.165) is 29.9 Å². The number of hydrogen-bond acceptors (Lipinski definition) is 6. The fourth-order valence-corrected chi connectivity index (χ4v) is 3.96. The monoisotopic (exact) mass is 471 g/mol. The zero-order valence-corrected chi connectivity index (χ0v) is 20.2. The molecule has 3 aromatic rings. The van der Waals surface area contributed by atoms with Gasteiger partial charge in [-0.1, -0.05) is 42.5 Å². The lowest BCUT2D eigenvalue weighted by atomic mass is 10.1. The maximum atomic E-state index is 12.9. The highest BCUT2D eigenvalue weighted by molar-refractivity contribution is 6.15. The second-order valence-corrected chi connectivity index (χ2v) is 8.20. The number of ether oxygens (including phenoxy) is 3. The lowest BCUT2D eigenvalue weighted by molar-refractivity contribution is -0.147. The van der Waals surface area contributed by atoms with E-state index in [4.69, 9.17) is 14.2 Å². The van der Waals surface area contributed by atoms with Crippen LogP contribution >= 0.6 is 0 Å². The van der Waals surface area contributed by atoms with Crippen molar-refractivity contribution >= 4 is 23.5 Å². The molecule has 4 rings (SSSR count). The third kappa shape index (κ3) is 5.54. The Hall–Kier alpha value is -4.06. The van der Waals surface area contributed by atoms with Crippen LogP contribution in [0.1, 0.15) is 40.9 Å². The van der Waals surface area contributed by atoms with Gasteiger partial charge >= 0.3 is 5.97 Å². The van der Waals surface area contributed by atoms with E-state index >= 15 is 0 Å². The average molecular weight is 472 g/mol. The molecule has 3 aromatic carbocycles. The number of fused-ring (bicyclic) bond motifs is 1. The van der Waals surface area contributed by atoms with Crippen LogP contribution in [0.3, 0.4) is 0 Å². The van der Waals surface area contributed by atoms with Gasteiger partial charge in [-0.05, 0) is 62.2 Å². The van der Waals surface area contributed by atoms with E-state index in [1.54, 1.807) is 25.1 Å². The molecular formula is C29H29NO5. The van der Waals surface area contributed by atoms with Gasteiger partial charge in [0.15, 0.2) is 12.4 Å². The Bertz CT molecular complexity index is 1230. The van der Waals surface area contributed by atoms with Gasteiger partial charge in [0.1, 0.15) is 18.1 Å². The van der Waals surface area contributed by atoms with Gasteiger partial charge in [-0.25, -0.2) is 4.79 Å².